The van der Waals surface area contributed by atoms with E-state index in [2.05, 4.69) is 58.8 Å². The van der Waals surface area contributed by atoms with Gasteiger partial charge in [0.05, 0.1) is 0 Å². The quantitative estimate of drug-likeness (QED) is 0.643. The van der Waals surface area contributed by atoms with E-state index in [1.807, 2.05) is 48.8 Å². The van der Waals surface area contributed by atoms with Gasteiger partial charge in [-0.25, -0.2) is 0 Å². The Morgan fingerprint density at radius 1 is 0.609 bits per heavy atom. The molecule has 1 aliphatic rings. The summed E-state index contributed by atoms with van der Waals surface area (Å²) in [6.45, 7) is 0. The second-order valence-electron chi connectivity index (χ2n) is 5.06. The molecule has 112 valence electrons. The number of nitrogens with one attached hydrogen (secondary N) is 1. The predicted octanol–water partition coefficient (Wildman–Crippen LogP) is 5.36. The largest absolute Gasteiger partial charge is 0.360 e. The predicted molar refractivity (Wildman–Crippen MR) is 98.7 cm³/mol. The lowest BCUT2D eigenvalue weighted by Gasteiger charge is -2.01. The van der Waals surface area contributed by atoms with E-state index < -0.39 is 0 Å². The van der Waals surface area contributed by atoms with Gasteiger partial charge in [0.25, 0.3) is 0 Å². The Balaban J connectivity index is 0.000000136. The van der Waals surface area contributed by atoms with Crippen molar-refractivity contribution >= 4 is 11.9 Å². The highest BCUT2D eigenvalue weighted by molar-refractivity contribution is 5.88. The van der Waals surface area contributed by atoms with E-state index >= 15 is 0 Å². The Morgan fingerprint density at radius 2 is 1.17 bits per heavy atom. The molecular weight excluding hydrogens is 280 g/mol. The van der Waals surface area contributed by atoms with Gasteiger partial charge in [-0.15, -0.1) is 0 Å². The van der Waals surface area contributed by atoms with Crippen LogP contribution in [0.25, 0.3) is 11.1 Å². The van der Waals surface area contributed by atoms with Gasteiger partial charge in [-0.3, -0.25) is 4.99 Å². The summed E-state index contributed by atoms with van der Waals surface area (Å²) in [5.74, 6) is 0. The number of hydrogen-bond donors (Lipinski definition) is 1. The van der Waals surface area contributed by atoms with Gasteiger partial charge in [-0.05, 0) is 17.2 Å². The number of nitrogens with zero attached hydrogens (tertiary/aromatic N) is 1. The van der Waals surface area contributed by atoms with Crippen LogP contribution < -0.4 is 5.32 Å². The molecule has 3 aromatic rings. The van der Waals surface area contributed by atoms with Crippen LogP contribution in [0, 0.1) is 0 Å². The van der Waals surface area contributed by atoms with Crippen molar-refractivity contribution < 1.29 is 0 Å². The number of hydrogen-bond acceptors (Lipinski definition) is 2. The maximum absolute atomic E-state index is 4.04. The third kappa shape index (κ3) is 4.17. The summed E-state index contributed by atoms with van der Waals surface area (Å²) in [4.78, 5) is 4.04. The van der Waals surface area contributed by atoms with Crippen LogP contribution in [0.5, 0.6) is 0 Å². The first-order valence-corrected chi connectivity index (χ1v) is 7.58. The third-order valence-corrected chi connectivity index (χ3v) is 3.45. The summed E-state index contributed by atoms with van der Waals surface area (Å²) in [5.41, 5.74) is 4.78. The summed E-state index contributed by atoms with van der Waals surface area (Å²) < 4.78 is 0. The van der Waals surface area contributed by atoms with Crippen LogP contribution in [-0.2, 0) is 0 Å². The molecule has 1 aliphatic heterocycles. The molecule has 23 heavy (non-hydrogen) atoms. The standard InChI is InChI=1S/C12H10.C9H8N2/c1-3-7-11(8-4-1)12-9-5-2-6-10-12;1-2-4-9-8(3-1)7-10-5-6-11-9/h1-10H;1-7,11H. The maximum Gasteiger partial charge on any atom is 0.0469 e. The SMILES string of the molecule is C1=CNc2ccccc2C=N1.c1ccc(-c2ccccc2)cc1. The minimum absolute atomic E-state index is 1.10. The number of rotatable bonds is 1. The maximum atomic E-state index is 4.04. The third-order valence-electron chi connectivity index (χ3n) is 3.45. The van der Waals surface area contributed by atoms with Gasteiger partial charge in [0.1, 0.15) is 0 Å². The average Bonchev–Trinajstić information content (AvgIpc) is 2.89. The van der Waals surface area contributed by atoms with Crippen LogP contribution in [0.4, 0.5) is 5.69 Å². The van der Waals surface area contributed by atoms with Gasteiger partial charge in [-0.1, -0.05) is 78.9 Å². The van der Waals surface area contributed by atoms with Crippen LogP contribution in [0.15, 0.2) is 102 Å². The molecule has 0 aliphatic carbocycles. The fourth-order valence-corrected chi connectivity index (χ4v) is 2.30. The lowest BCUT2D eigenvalue weighted by Crippen LogP contribution is -1.89. The fourth-order valence-electron chi connectivity index (χ4n) is 2.30. The van der Waals surface area contributed by atoms with Gasteiger partial charge in [-0.2, -0.15) is 0 Å². The lowest BCUT2D eigenvalue weighted by atomic mass is 10.1. The molecule has 0 aromatic heterocycles. The number of para-hydroxylation sites is 1. The second kappa shape index (κ2) is 7.76. The molecule has 0 saturated carbocycles. The Bertz CT molecular complexity index is 753. The number of benzene rings is 3. The van der Waals surface area contributed by atoms with Crippen LogP contribution in [0.3, 0.4) is 0 Å². The minimum atomic E-state index is 1.10. The Hall–Kier alpha value is -3.13. The van der Waals surface area contributed by atoms with Crippen LogP contribution >= 0.6 is 0 Å². The summed E-state index contributed by atoms with van der Waals surface area (Å²) in [6, 6.07) is 28.8. The van der Waals surface area contributed by atoms with Crippen LogP contribution in [-0.4, -0.2) is 6.21 Å². The summed E-state index contributed by atoms with van der Waals surface area (Å²) in [6.07, 6.45) is 5.40. The summed E-state index contributed by atoms with van der Waals surface area (Å²) in [5, 5.41) is 3.12. The molecule has 1 N–H and O–H groups in total. The first-order valence-electron chi connectivity index (χ1n) is 7.58. The zero-order valence-corrected chi connectivity index (χ0v) is 12.8. The normalized spacial score (nSPS) is 11.5. The Labute approximate surface area is 136 Å². The van der Waals surface area contributed by atoms with Gasteiger partial charge < -0.3 is 5.32 Å². The molecule has 0 fully saturated rings. The second-order valence-corrected chi connectivity index (χ2v) is 5.06. The van der Waals surface area contributed by atoms with E-state index in [1.54, 1.807) is 6.20 Å². The average molecular weight is 298 g/mol. The smallest absolute Gasteiger partial charge is 0.0469 e. The zero-order valence-electron chi connectivity index (χ0n) is 12.8. The topological polar surface area (TPSA) is 24.4 Å². The zero-order chi connectivity index (χ0) is 15.7. The van der Waals surface area contributed by atoms with E-state index in [9.17, 15) is 0 Å². The molecule has 2 nitrogen and oxygen atoms in total. The van der Waals surface area contributed by atoms with Crippen molar-refractivity contribution in [1.82, 2.24) is 0 Å². The van der Waals surface area contributed by atoms with E-state index in [0.717, 1.165) is 11.3 Å². The van der Waals surface area contributed by atoms with Crippen molar-refractivity contribution in [3.63, 3.8) is 0 Å². The van der Waals surface area contributed by atoms with Gasteiger partial charge in [0.2, 0.25) is 0 Å². The van der Waals surface area contributed by atoms with Crippen molar-refractivity contribution in [1.29, 1.82) is 0 Å². The molecule has 0 bridgehead atoms. The molecule has 0 unspecified atom stereocenters. The molecule has 3 aromatic carbocycles. The lowest BCUT2D eigenvalue weighted by molar-refractivity contribution is 1.55. The Kier molecular flexibility index (Phi) is 4.99. The van der Waals surface area contributed by atoms with Crippen molar-refractivity contribution in [3.8, 4) is 11.1 Å². The molecule has 1 heterocycles. The van der Waals surface area contributed by atoms with E-state index in [1.165, 1.54) is 11.1 Å². The molecule has 2 heteroatoms. The van der Waals surface area contributed by atoms with Crippen molar-refractivity contribution in [2.45, 2.75) is 0 Å². The molecule has 0 saturated heterocycles. The number of aliphatic imine (C=N–C) groups is 1. The highest BCUT2D eigenvalue weighted by atomic mass is 14.9. The van der Waals surface area contributed by atoms with E-state index in [-0.39, 0.29) is 0 Å². The summed E-state index contributed by atoms with van der Waals surface area (Å²) >= 11 is 0. The van der Waals surface area contributed by atoms with Gasteiger partial charge in [0, 0.05) is 29.9 Å². The first-order chi connectivity index (χ1) is 11.4. The molecule has 0 amide bonds. The Morgan fingerprint density at radius 3 is 1.83 bits per heavy atom. The van der Waals surface area contributed by atoms with E-state index in [4.69, 9.17) is 0 Å². The van der Waals surface area contributed by atoms with Crippen molar-refractivity contribution in [3.05, 3.63) is 103 Å². The first kappa shape index (κ1) is 14.8. The monoisotopic (exact) mass is 298 g/mol. The molecular formula is C21H18N2. The highest BCUT2D eigenvalue weighted by Crippen LogP contribution is 2.17. The van der Waals surface area contributed by atoms with Gasteiger partial charge in [0.15, 0.2) is 0 Å². The highest BCUT2D eigenvalue weighted by Gasteiger charge is 1.96. The van der Waals surface area contributed by atoms with Crippen LogP contribution in [0.1, 0.15) is 5.56 Å². The number of fused-ring (bicyclic) bond motifs is 1. The molecule has 0 atom stereocenters. The molecule has 4 rings (SSSR count). The summed E-state index contributed by atoms with van der Waals surface area (Å²) in [7, 11) is 0. The van der Waals surface area contributed by atoms with Crippen molar-refractivity contribution in [2.75, 3.05) is 5.32 Å². The molecule has 0 spiro atoms. The fraction of sp³-hybridized carbons (Fsp3) is 0. The van der Waals surface area contributed by atoms with E-state index in [0.29, 0.717) is 0 Å². The van der Waals surface area contributed by atoms with Crippen LogP contribution in [0.2, 0.25) is 0 Å². The minimum Gasteiger partial charge on any atom is -0.360 e. The van der Waals surface area contributed by atoms with Gasteiger partial charge >= 0.3 is 0 Å². The molecule has 0 radical (unpaired) electrons. The number of anilines is 1. The van der Waals surface area contributed by atoms with Crippen molar-refractivity contribution in [2.24, 2.45) is 4.99 Å².